The normalized spacial score (nSPS) is 25.7. The highest BCUT2D eigenvalue weighted by molar-refractivity contribution is 6.71. The maximum absolute atomic E-state index is 14.6. The lowest BCUT2D eigenvalue weighted by Gasteiger charge is -2.39. The molecule has 0 saturated carbocycles. The van der Waals surface area contributed by atoms with Crippen LogP contribution in [0.15, 0.2) is 48.7 Å². The molecular formula is C32H38ClN5O7Si. The predicted octanol–water partition coefficient (Wildman–Crippen LogP) is 3.53. The van der Waals surface area contributed by atoms with Gasteiger partial charge in [0.15, 0.2) is 20.1 Å². The van der Waals surface area contributed by atoms with Crippen LogP contribution in [0.4, 0.5) is 11.4 Å². The lowest BCUT2D eigenvalue weighted by atomic mass is 9.82. The lowest BCUT2D eigenvalue weighted by molar-refractivity contribution is -0.154. The summed E-state index contributed by atoms with van der Waals surface area (Å²) in [7, 11) is -2.86. The molecule has 4 heterocycles. The van der Waals surface area contributed by atoms with Crippen LogP contribution >= 0.6 is 11.6 Å². The molecule has 0 bridgehead atoms. The number of carbonyl (C=O) groups is 3. The van der Waals surface area contributed by atoms with Crippen LogP contribution < -0.4 is 9.80 Å². The summed E-state index contributed by atoms with van der Waals surface area (Å²) in [6.45, 7) is 7.75. The van der Waals surface area contributed by atoms with Crippen molar-refractivity contribution in [1.29, 1.82) is 0 Å². The standard InChI is InChI=1S/C32H38ClN5O7Si/c1-19-30(46(3,4)43)27(11-13-36-18-23(12-14-39)34-35-36)45-32(19)25-15-22(33)7-10-26(25)37(31(32)42)17-21-5-8-24(9-6-21)38-28(41)16-29(38)44-20(2)40/h5-10,15,18-19,27,29-30,39,43H,11-14,16-17H2,1-4H3/t19-,27+,29?,30-,32+/m1/s1. The highest BCUT2D eigenvalue weighted by atomic mass is 35.5. The number of anilines is 2. The van der Waals surface area contributed by atoms with E-state index in [2.05, 4.69) is 10.3 Å². The number of rotatable bonds is 10. The quantitative estimate of drug-likeness (QED) is 0.188. The average molecular weight is 668 g/mol. The van der Waals surface area contributed by atoms with Gasteiger partial charge in [-0.1, -0.05) is 35.9 Å². The number of β-lactam (4-membered cyclic amide) rings is 1. The summed E-state index contributed by atoms with van der Waals surface area (Å²) < 4.78 is 13.8. The van der Waals surface area contributed by atoms with Gasteiger partial charge in [-0.15, -0.1) is 5.10 Å². The number of hydrogen-bond donors (Lipinski definition) is 2. The van der Waals surface area contributed by atoms with Crippen molar-refractivity contribution in [1.82, 2.24) is 15.0 Å². The first-order valence-corrected chi connectivity index (χ1v) is 18.8. The number of aliphatic hydroxyl groups excluding tert-OH is 1. The molecular weight excluding hydrogens is 630 g/mol. The first-order chi connectivity index (χ1) is 21.8. The molecule has 14 heteroatoms. The van der Waals surface area contributed by atoms with Gasteiger partial charge in [0.2, 0.25) is 5.91 Å². The third-order valence-corrected chi connectivity index (χ3v) is 12.0. The third-order valence-electron chi connectivity index (χ3n) is 9.31. The smallest absolute Gasteiger partial charge is 0.304 e. The lowest BCUT2D eigenvalue weighted by Crippen LogP contribution is -2.54. The van der Waals surface area contributed by atoms with Crippen molar-refractivity contribution in [3.63, 3.8) is 0 Å². The molecule has 2 fully saturated rings. The summed E-state index contributed by atoms with van der Waals surface area (Å²) in [5.74, 6) is -1.16. The van der Waals surface area contributed by atoms with Gasteiger partial charge >= 0.3 is 5.97 Å². The van der Waals surface area contributed by atoms with Gasteiger partial charge in [0.05, 0.1) is 30.5 Å². The van der Waals surface area contributed by atoms with Gasteiger partial charge in [-0.2, -0.15) is 0 Å². The Bertz CT molecular complexity index is 1660. The fourth-order valence-electron chi connectivity index (χ4n) is 7.34. The Balaban J connectivity index is 1.28. The number of hydrogen-bond acceptors (Lipinski definition) is 9. The van der Waals surface area contributed by atoms with E-state index in [9.17, 15) is 24.3 Å². The molecule has 3 aliphatic heterocycles. The van der Waals surface area contributed by atoms with E-state index in [4.69, 9.17) is 21.1 Å². The number of carbonyl (C=O) groups excluding carboxylic acids is 3. The summed E-state index contributed by atoms with van der Waals surface area (Å²) >= 11 is 6.52. The number of esters is 1. The van der Waals surface area contributed by atoms with E-state index in [0.717, 1.165) is 5.56 Å². The van der Waals surface area contributed by atoms with Gasteiger partial charge in [-0.05, 0) is 55.4 Å². The van der Waals surface area contributed by atoms with Crippen LogP contribution in [0.1, 0.15) is 43.5 Å². The second-order valence-corrected chi connectivity index (χ2v) is 17.3. The number of nitrogens with zero attached hydrogens (tertiary/aromatic N) is 5. The molecule has 5 atom stereocenters. The Morgan fingerprint density at radius 3 is 2.59 bits per heavy atom. The maximum Gasteiger partial charge on any atom is 0.304 e. The van der Waals surface area contributed by atoms with Crippen molar-refractivity contribution < 1.29 is 33.8 Å². The molecule has 0 radical (unpaired) electrons. The number of aliphatic hydroxyl groups is 1. The molecule has 3 aromatic rings. The van der Waals surface area contributed by atoms with E-state index >= 15 is 0 Å². The van der Waals surface area contributed by atoms with Gasteiger partial charge in [0.1, 0.15) is 0 Å². The monoisotopic (exact) mass is 667 g/mol. The zero-order valence-corrected chi connectivity index (χ0v) is 28.0. The number of amides is 2. The summed E-state index contributed by atoms with van der Waals surface area (Å²) in [6, 6.07) is 12.6. The van der Waals surface area contributed by atoms with Crippen LogP contribution in [0.5, 0.6) is 0 Å². The molecule has 3 aliphatic rings. The van der Waals surface area contributed by atoms with E-state index < -0.39 is 32.2 Å². The van der Waals surface area contributed by atoms with Crippen LogP contribution in [-0.2, 0) is 49.0 Å². The average Bonchev–Trinajstić information content (AvgIpc) is 3.62. The number of ether oxygens (including phenoxy) is 2. The fourth-order valence-corrected chi connectivity index (χ4v) is 10.1. The second kappa shape index (κ2) is 12.2. The number of aryl methyl sites for hydroxylation is 1. The molecule has 244 valence electrons. The molecule has 2 saturated heterocycles. The highest BCUT2D eigenvalue weighted by Crippen LogP contribution is 2.60. The Morgan fingerprint density at radius 2 is 1.93 bits per heavy atom. The van der Waals surface area contributed by atoms with Crippen molar-refractivity contribution in [2.45, 2.75) is 82.8 Å². The zero-order valence-electron chi connectivity index (χ0n) is 26.2. The minimum Gasteiger partial charge on any atom is -0.441 e. The number of benzene rings is 2. The van der Waals surface area contributed by atoms with Gasteiger partial charge < -0.3 is 24.3 Å². The zero-order chi connectivity index (χ0) is 33.0. The van der Waals surface area contributed by atoms with Crippen LogP contribution in [0.25, 0.3) is 0 Å². The SMILES string of the molecule is CC(=O)OC1CC(=O)N1c1ccc(CN2C(=O)[C@@]3(O[C@@H](CCn4cc(CCO)nn4)[C@H]([Si](C)(C)O)[C@H]3C)c3cc(Cl)ccc32)cc1. The Kier molecular flexibility index (Phi) is 8.57. The van der Waals surface area contributed by atoms with E-state index in [-0.39, 0.29) is 42.8 Å². The van der Waals surface area contributed by atoms with E-state index in [1.54, 1.807) is 40.0 Å². The van der Waals surface area contributed by atoms with Crippen molar-refractivity contribution in [3.8, 4) is 0 Å². The molecule has 1 aromatic heterocycles. The highest BCUT2D eigenvalue weighted by Gasteiger charge is 2.66. The van der Waals surface area contributed by atoms with Gasteiger partial charge in [-0.25, -0.2) is 0 Å². The molecule has 2 amide bonds. The van der Waals surface area contributed by atoms with Crippen LogP contribution in [0.2, 0.25) is 23.7 Å². The summed E-state index contributed by atoms with van der Waals surface area (Å²) in [6.07, 6.45) is 1.79. The maximum atomic E-state index is 14.6. The Labute approximate surface area is 273 Å². The van der Waals surface area contributed by atoms with Crippen molar-refractivity contribution >= 4 is 49.1 Å². The topological polar surface area (TPSA) is 147 Å². The Hall–Kier alpha value is -3.62. The predicted molar refractivity (Wildman–Crippen MR) is 171 cm³/mol. The molecule has 2 aromatic carbocycles. The van der Waals surface area contributed by atoms with E-state index in [1.807, 2.05) is 38.2 Å². The van der Waals surface area contributed by atoms with Crippen molar-refractivity contribution in [3.05, 3.63) is 70.5 Å². The third kappa shape index (κ3) is 5.64. The van der Waals surface area contributed by atoms with Crippen LogP contribution in [-0.4, -0.2) is 69.9 Å². The van der Waals surface area contributed by atoms with Crippen molar-refractivity contribution in [2.24, 2.45) is 5.92 Å². The first-order valence-electron chi connectivity index (χ1n) is 15.4. The van der Waals surface area contributed by atoms with Crippen LogP contribution in [0.3, 0.4) is 0 Å². The number of aromatic nitrogens is 3. The molecule has 1 spiro atoms. The molecule has 2 N–H and O–H groups in total. The fraction of sp³-hybridized carbons (Fsp3) is 0.469. The summed E-state index contributed by atoms with van der Waals surface area (Å²) in [5.41, 5.74) is 1.89. The van der Waals surface area contributed by atoms with Gasteiger partial charge in [-0.3, -0.25) is 24.0 Å². The molecule has 12 nitrogen and oxygen atoms in total. The molecule has 0 aliphatic carbocycles. The van der Waals surface area contributed by atoms with E-state index in [0.29, 0.717) is 47.0 Å². The minimum atomic E-state index is -2.86. The molecule has 46 heavy (non-hydrogen) atoms. The Morgan fingerprint density at radius 1 is 1.20 bits per heavy atom. The van der Waals surface area contributed by atoms with Crippen molar-refractivity contribution in [2.75, 3.05) is 16.4 Å². The van der Waals surface area contributed by atoms with Gasteiger partial charge in [0, 0.05) is 60.4 Å². The number of halogens is 1. The molecule has 1 unspecified atom stereocenters. The minimum absolute atomic E-state index is 0.0176. The first kappa shape index (κ1) is 32.3. The van der Waals surface area contributed by atoms with E-state index in [1.165, 1.54) is 11.8 Å². The van der Waals surface area contributed by atoms with Gasteiger partial charge in [0.25, 0.3) is 5.91 Å². The summed E-state index contributed by atoms with van der Waals surface area (Å²) in [4.78, 5) is 53.0. The number of fused-ring (bicyclic) bond motifs is 2. The summed E-state index contributed by atoms with van der Waals surface area (Å²) in [5, 5.41) is 18.0. The molecule has 6 rings (SSSR count). The van der Waals surface area contributed by atoms with Crippen LogP contribution in [0, 0.1) is 5.92 Å². The largest absolute Gasteiger partial charge is 0.441 e. The second-order valence-electron chi connectivity index (χ2n) is 12.8.